The average molecular weight is 197 g/mol. The highest BCUT2D eigenvalue weighted by Crippen LogP contribution is 2.24. The van der Waals surface area contributed by atoms with Crippen molar-refractivity contribution >= 4 is 5.88 Å². The Morgan fingerprint density at radius 1 is 1.43 bits per heavy atom. The number of fused-ring (bicyclic) bond motifs is 2. The minimum Gasteiger partial charge on any atom is -0.377 e. The Labute approximate surface area is 81.2 Å². The van der Waals surface area contributed by atoms with Crippen LogP contribution in [0.25, 0.3) is 0 Å². The van der Waals surface area contributed by atoms with Gasteiger partial charge in [0.25, 0.3) is 12.1 Å². The van der Waals surface area contributed by atoms with E-state index in [1.807, 2.05) is 0 Å². The van der Waals surface area contributed by atoms with Gasteiger partial charge in [-0.2, -0.15) is 0 Å². The molecule has 0 aromatic carbocycles. The van der Waals surface area contributed by atoms with E-state index in [9.17, 15) is 0 Å². The molecular weight excluding hydrogens is 184 g/mol. The molecule has 1 aromatic heterocycles. The minimum atomic E-state index is 0.343. The molecule has 14 heavy (non-hydrogen) atoms. The van der Waals surface area contributed by atoms with E-state index in [-0.39, 0.29) is 0 Å². The van der Waals surface area contributed by atoms with Gasteiger partial charge in [-0.25, -0.2) is 0 Å². The Kier molecular flexibility index (Phi) is 1.63. The molecule has 6 heteroatoms. The zero-order valence-electron chi connectivity index (χ0n) is 7.80. The highest BCUT2D eigenvalue weighted by molar-refractivity contribution is 5.12. The maximum atomic E-state index is 5.49. The van der Waals surface area contributed by atoms with E-state index in [4.69, 9.17) is 15.0 Å². The molecule has 2 bridgehead atoms. The summed E-state index contributed by atoms with van der Waals surface area (Å²) >= 11 is 0. The van der Waals surface area contributed by atoms with Crippen molar-refractivity contribution < 1.29 is 14.1 Å². The molecular formula is C8H13N4O2+. The first kappa shape index (κ1) is 8.05. The fourth-order valence-electron chi connectivity index (χ4n) is 2.30. The number of morpholine rings is 1. The summed E-state index contributed by atoms with van der Waals surface area (Å²) in [6.45, 7) is 1.55. The summed E-state index contributed by atoms with van der Waals surface area (Å²) in [7, 11) is 0. The van der Waals surface area contributed by atoms with Crippen LogP contribution in [-0.4, -0.2) is 30.6 Å². The van der Waals surface area contributed by atoms with E-state index in [2.05, 4.69) is 10.3 Å². The Bertz CT molecular complexity index is 324. The van der Waals surface area contributed by atoms with Crippen LogP contribution in [0.15, 0.2) is 10.7 Å². The van der Waals surface area contributed by atoms with Gasteiger partial charge in [0.2, 0.25) is 5.27 Å². The third-order valence-corrected chi connectivity index (χ3v) is 2.91. The van der Waals surface area contributed by atoms with Crippen LogP contribution in [0.1, 0.15) is 12.8 Å². The fraction of sp³-hybridized carbons (Fsp3) is 0.750. The monoisotopic (exact) mass is 197 g/mol. The van der Waals surface area contributed by atoms with Crippen molar-refractivity contribution in [1.82, 2.24) is 5.27 Å². The molecule has 2 saturated heterocycles. The van der Waals surface area contributed by atoms with Gasteiger partial charge in [0.1, 0.15) is 12.1 Å². The quantitative estimate of drug-likeness (QED) is 0.587. The number of nitrogens with two attached hydrogens (primary N) is 1. The van der Waals surface area contributed by atoms with Crippen LogP contribution >= 0.6 is 0 Å². The van der Waals surface area contributed by atoms with Crippen LogP contribution in [0.5, 0.6) is 0 Å². The lowest BCUT2D eigenvalue weighted by Gasteiger charge is -2.26. The van der Waals surface area contributed by atoms with Gasteiger partial charge in [-0.05, 0) is 12.8 Å². The largest absolute Gasteiger partial charge is 0.377 e. The molecule has 0 radical (unpaired) electrons. The third kappa shape index (κ3) is 1.07. The van der Waals surface area contributed by atoms with Crippen LogP contribution in [0.4, 0.5) is 5.88 Å². The highest BCUT2D eigenvalue weighted by atomic mass is 16.5. The van der Waals surface area contributed by atoms with Crippen molar-refractivity contribution in [2.75, 3.05) is 24.0 Å². The lowest BCUT2D eigenvalue weighted by atomic mass is 10.2. The van der Waals surface area contributed by atoms with Gasteiger partial charge >= 0.3 is 0 Å². The molecule has 0 amide bonds. The lowest BCUT2D eigenvalue weighted by molar-refractivity contribution is -0.765. The zero-order valence-corrected chi connectivity index (χ0v) is 7.80. The van der Waals surface area contributed by atoms with E-state index in [0.717, 1.165) is 26.1 Å². The summed E-state index contributed by atoms with van der Waals surface area (Å²) < 4.78 is 10.3. The number of hydrogen-bond donors (Lipinski definition) is 1. The molecule has 1 aromatic rings. The van der Waals surface area contributed by atoms with Crippen LogP contribution < -0.4 is 15.5 Å². The SMILES string of the molecule is Nc1c[n+](N2C3CCC2COC3)no1. The van der Waals surface area contributed by atoms with Crippen molar-refractivity contribution in [2.24, 2.45) is 0 Å². The molecule has 2 atom stereocenters. The molecule has 2 aliphatic heterocycles. The van der Waals surface area contributed by atoms with E-state index < -0.39 is 0 Å². The van der Waals surface area contributed by atoms with Crippen LogP contribution in [0, 0.1) is 0 Å². The summed E-state index contributed by atoms with van der Waals surface area (Å²) in [5, 5.41) is 6.07. The van der Waals surface area contributed by atoms with E-state index in [1.165, 1.54) is 0 Å². The smallest absolute Gasteiger partial charge is 0.296 e. The van der Waals surface area contributed by atoms with Crippen molar-refractivity contribution in [3.8, 4) is 0 Å². The fourth-order valence-corrected chi connectivity index (χ4v) is 2.30. The summed E-state index contributed by atoms with van der Waals surface area (Å²) in [5.41, 5.74) is 5.49. The second-order valence-electron chi connectivity index (χ2n) is 3.83. The molecule has 0 aliphatic carbocycles. The van der Waals surface area contributed by atoms with Gasteiger partial charge in [-0.3, -0.25) is 4.52 Å². The van der Waals surface area contributed by atoms with Crippen LogP contribution in [0.3, 0.4) is 0 Å². The molecule has 0 saturated carbocycles. The van der Waals surface area contributed by atoms with Crippen LogP contribution in [0.2, 0.25) is 0 Å². The average Bonchev–Trinajstić information content (AvgIpc) is 2.68. The first-order valence-corrected chi connectivity index (χ1v) is 4.85. The van der Waals surface area contributed by atoms with Crippen molar-refractivity contribution in [2.45, 2.75) is 24.9 Å². The standard InChI is InChI=1S/C8H13N4O2/c9-8-3-11(10-14-8)12-6-1-2-7(12)5-13-4-6/h3,6-7H,1-2,4-5,9H2/q+1. The minimum absolute atomic E-state index is 0.343. The van der Waals surface area contributed by atoms with Gasteiger partial charge in [0, 0.05) is 0 Å². The first-order valence-electron chi connectivity index (χ1n) is 4.85. The molecule has 2 N–H and O–H groups in total. The molecule has 2 fully saturated rings. The Morgan fingerprint density at radius 2 is 2.14 bits per heavy atom. The van der Waals surface area contributed by atoms with Crippen molar-refractivity contribution in [3.05, 3.63) is 6.20 Å². The maximum absolute atomic E-state index is 5.49. The molecule has 6 nitrogen and oxygen atoms in total. The van der Waals surface area contributed by atoms with Gasteiger partial charge in [-0.1, -0.05) is 0 Å². The number of ether oxygens (including phenoxy) is 1. The first-order chi connectivity index (χ1) is 6.84. The number of aromatic nitrogens is 2. The predicted octanol–water partition coefficient (Wildman–Crippen LogP) is -0.956. The number of hydrogen-bond acceptors (Lipinski definition) is 5. The van der Waals surface area contributed by atoms with Gasteiger partial charge < -0.3 is 10.5 Å². The molecule has 3 rings (SSSR count). The third-order valence-electron chi connectivity index (χ3n) is 2.91. The summed E-state index contributed by atoms with van der Waals surface area (Å²) in [5.74, 6) is 0.343. The molecule has 0 spiro atoms. The lowest BCUT2D eigenvalue weighted by Crippen LogP contribution is -2.68. The summed E-state index contributed by atoms with van der Waals surface area (Å²) in [6, 6.07) is 0.839. The topological polar surface area (TPSA) is 68.4 Å². The van der Waals surface area contributed by atoms with Gasteiger partial charge in [0.15, 0.2) is 0 Å². The molecule has 3 heterocycles. The van der Waals surface area contributed by atoms with E-state index in [1.54, 1.807) is 11.0 Å². The maximum Gasteiger partial charge on any atom is 0.296 e. The number of anilines is 1. The van der Waals surface area contributed by atoms with E-state index in [0.29, 0.717) is 18.0 Å². The summed E-state index contributed by atoms with van der Waals surface area (Å²) in [6.07, 6.45) is 4.02. The normalized spacial score (nSPS) is 31.0. The second kappa shape index (κ2) is 2.84. The van der Waals surface area contributed by atoms with Crippen molar-refractivity contribution in [3.63, 3.8) is 0 Å². The Hall–Kier alpha value is -1.30. The van der Waals surface area contributed by atoms with E-state index >= 15 is 0 Å². The van der Waals surface area contributed by atoms with Crippen LogP contribution in [-0.2, 0) is 4.74 Å². The Balaban J connectivity index is 1.91. The van der Waals surface area contributed by atoms with Gasteiger partial charge in [0.05, 0.1) is 18.0 Å². The van der Waals surface area contributed by atoms with Gasteiger partial charge in [-0.15, -0.1) is 5.01 Å². The zero-order chi connectivity index (χ0) is 9.54. The second-order valence-corrected chi connectivity index (χ2v) is 3.83. The summed E-state index contributed by atoms with van der Waals surface area (Å²) in [4.78, 5) is 1.71. The number of nitrogens with zero attached hydrogens (tertiary/aromatic N) is 3. The molecule has 2 unspecified atom stereocenters. The Morgan fingerprint density at radius 3 is 2.71 bits per heavy atom. The van der Waals surface area contributed by atoms with Crippen molar-refractivity contribution in [1.29, 1.82) is 0 Å². The predicted molar refractivity (Wildman–Crippen MR) is 47.0 cm³/mol. The molecule has 76 valence electrons. The highest BCUT2D eigenvalue weighted by Gasteiger charge is 2.44. The number of nitrogen functional groups attached to an aromatic ring is 1. The molecule has 2 aliphatic rings. The number of rotatable bonds is 1.